The minimum atomic E-state index is -0.462. The molecule has 5 heteroatoms. The van der Waals surface area contributed by atoms with Gasteiger partial charge in [-0.05, 0) is 36.4 Å². The van der Waals surface area contributed by atoms with Crippen LogP contribution in [0.2, 0.25) is 0 Å². The maximum absolute atomic E-state index is 12.2. The molecule has 1 N–H and O–H groups in total. The number of amides is 1. The Kier molecular flexibility index (Phi) is 5.34. The molecule has 0 saturated heterocycles. The molecule has 0 aromatic heterocycles. The van der Waals surface area contributed by atoms with E-state index in [1.54, 1.807) is 31.4 Å². The number of nitrogens with zero attached hydrogens (tertiary/aromatic N) is 1. The van der Waals surface area contributed by atoms with Crippen LogP contribution < -0.4 is 10.1 Å². The predicted molar refractivity (Wildman–Crippen MR) is 89.4 cm³/mol. The molecule has 2 rings (SSSR count). The zero-order chi connectivity index (χ0) is 15.9. The van der Waals surface area contributed by atoms with Crippen molar-refractivity contribution in [1.29, 1.82) is 5.26 Å². The number of anilines is 1. The van der Waals surface area contributed by atoms with E-state index in [0.717, 1.165) is 4.47 Å². The molecule has 0 aliphatic heterocycles. The fourth-order valence-electron chi connectivity index (χ4n) is 1.82. The fourth-order valence-corrected chi connectivity index (χ4v) is 2.09. The van der Waals surface area contributed by atoms with E-state index in [1.807, 2.05) is 30.3 Å². The van der Waals surface area contributed by atoms with E-state index >= 15 is 0 Å². The van der Waals surface area contributed by atoms with Gasteiger partial charge in [0.15, 0.2) is 0 Å². The van der Waals surface area contributed by atoms with E-state index in [-0.39, 0.29) is 5.57 Å². The first-order valence-corrected chi connectivity index (χ1v) is 7.25. The molecule has 4 nitrogen and oxygen atoms in total. The van der Waals surface area contributed by atoms with Crippen LogP contribution in [0.4, 0.5) is 5.69 Å². The molecule has 0 aliphatic rings. The van der Waals surface area contributed by atoms with Gasteiger partial charge in [-0.3, -0.25) is 4.79 Å². The molecule has 0 saturated carbocycles. The largest absolute Gasteiger partial charge is 0.496 e. The van der Waals surface area contributed by atoms with Crippen LogP contribution >= 0.6 is 15.9 Å². The molecule has 0 bridgehead atoms. The molecule has 2 aromatic carbocycles. The second kappa shape index (κ2) is 7.43. The summed E-state index contributed by atoms with van der Waals surface area (Å²) in [6.07, 6.45) is 1.51. The van der Waals surface area contributed by atoms with Gasteiger partial charge in [0.25, 0.3) is 5.91 Å². The van der Waals surface area contributed by atoms with E-state index in [2.05, 4.69) is 21.2 Å². The quantitative estimate of drug-likeness (QED) is 0.665. The Morgan fingerprint density at radius 2 is 1.91 bits per heavy atom. The van der Waals surface area contributed by atoms with Crippen molar-refractivity contribution in [3.8, 4) is 11.8 Å². The van der Waals surface area contributed by atoms with Crippen molar-refractivity contribution < 1.29 is 9.53 Å². The topological polar surface area (TPSA) is 62.1 Å². The van der Waals surface area contributed by atoms with Crippen molar-refractivity contribution >= 4 is 33.6 Å². The number of para-hydroxylation sites is 1. The average Bonchev–Trinajstić information content (AvgIpc) is 2.55. The molecule has 0 radical (unpaired) electrons. The van der Waals surface area contributed by atoms with Crippen LogP contribution in [0.5, 0.6) is 5.75 Å². The molecular formula is C17H13BrN2O2. The number of methoxy groups -OCH3 is 1. The summed E-state index contributed by atoms with van der Waals surface area (Å²) in [4.78, 5) is 12.2. The number of halogens is 1. The predicted octanol–water partition coefficient (Wildman–Crippen LogP) is 4.00. The number of carbonyl (C=O) groups excluding carboxylic acids is 1. The van der Waals surface area contributed by atoms with Gasteiger partial charge in [-0.2, -0.15) is 5.26 Å². The van der Waals surface area contributed by atoms with E-state index in [4.69, 9.17) is 4.74 Å². The zero-order valence-corrected chi connectivity index (χ0v) is 13.4. The summed E-state index contributed by atoms with van der Waals surface area (Å²) < 4.78 is 6.12. The highest BCUT2D eigenvalue weighted by atomic mass is 79.9. The number of hydrogen-bond donors (Lipinski definition) is 1. The molecule has 2 aromatic rings. The minimum Gasteiger partial charge on any atom is -0.496 e. The summed E-state index contributed by atoms with van der Waals surface area (Å²) in [5.74, 6) is 0.141. The Balaban J connectivity index is 2.24. The fraction of sp³-hybridized carbons (Fsp3) is 0.0588. The summed E-state index contributed by atoms with van der Waals surface area (Å²) >= 11 is 3.32. The molecule has 1 amide bonds. The standard InChI is InChI=1S/C17H13BrN2O2/c1-22-16-5-3-2-4-12(16)10-13(11-19)17(21)20-15-8-6-14(18)7-9-15/h2-10H,1H3,(H,20,21)/b13-10-. The molecule has 0 aliphatic carbocycles. The first-order valence-electron chi connectivity index (χ1n) is 6.46. The molecule has 110 valence electrons. The van der Waals surface area contributed by atoms with Crippen LogP contribution in [0.25, 0.3) is 6.08 Å². The third kappa shape index (κ3) is 3.96. The molecule has 0 spiro atoms. The van der Waals surface area contributed by atoms with Crippen molar-refractivity contribution in [3.05, 3.63) is 64.1 Å². The van der Waals surface area contributed by atoms with E-state index < -0.39 is 5.91 Å². The second-order valence-electron chi connectivity index (χ2n) is 4.37. The molecule has 0 heterocycles. The Hall–Kier alpha value is -2.58. The first-order chi connectivity index (χ1) is 10.6. The van der Waals surface area contributed by atoms with Gasteiger partial charge in [0.1, 0.15) is 17.4 Å². The Bertz CT molecular complexity index is 746. The van der Waals surface area contributed by atoms with Crippen molar-refractivity contribution in [2.45, 2.75) is 0 Å². The highest BCUT2D eigenvalue weighted by molar-refractivity contribution is 9.10. The van der Waals surface area contributed by atoms with Gasteiger partial charge in [-0.1, -0.05) is 34.1 Å². The van der Waals surface area contributed by atoms with Gasteiger partial charge >= 0.3 is 0 Å². The van der Waals surface area contributed by atoms with Gasteiger partial charge in [-0.25, -0.2) is 0 Å². The SMILES string of the molecule is COc1ccccc1/C=C(/C#N)C(=O)Nc1ccc(Br)cc1. The highest BCUT2D eigenvalue weighted by Gasteiger charge is 2.11. The van der Waals surface area contributed by atoms with Crippen LogP contribution in [0.15, 0.2) is 58.6 Å². The zero-order valence-electron chi connectivity index (χ0n) is 11.8. The number of ether oxygens (including phenoxy) is 1. The number of rotatable bonds is 4. The van der Waals surface area contributed by atoms with Gasteiger partial charge < -0.3 is 10.1 Å². The van der Waals surface area contributed by atoms with E-state index in [9.17, 15) is 10.1 Å². The summed E-state index contributed by atoms with van der Waals surface area (Å²) in [5.41, 5.74) is 1.30. The molecular weight excluding hydrogens is 344 g/mol. The Morgan fingerprint density at radius 3 is 2.55 bits per heavy atom. The Morgan fingerprint density at radius 1 is 1.23 bits per heavy atom. The molecule has 0 atom stereocenters. The van der Waals surface area contributed by atoms with E-state index in [1.165, 1.54) is 6.08 Å². The number of carbonyl (C=O) groups is 1. The van der Waals surface area contributed by atoms with Gasteiger partial charge in [-0.15, -0.1) is 0 Å². The van der Waals surface area contributed by atoms with Gasteiger partial charge in [0, 0.05) is 15.7 Å². The first kappa shape index (κ1) is 15.8. The highest BCUT2D eigenvalue weighted by Crippen LogP contribution is 2.21. The van der Waals surface area contributed by atoms with Crippen molar-refractivity contribution in [1.82, 2.24) is 0 Å². The monoisotopic (exact) mass is 356 g/mol. The summed E-state index contributed by atoms with van der Waals surface area (Å²) in [6, 6.07) is 16.2. The van der Waals surface area contributed by atoms with Crippen molar-refractivity contribution in [3.63, 3.8) is 0 Å². The second-order valence-corrected chi connectivity index (χ2v) is 5.29. The van der Waals surface area contributed by atoms with Gasteiger partial charge in [0.2, 0.25) is 0 Å². The molecule has 0 fully saturated rings. The van der Waals surface area contributed by atoms with Gasteiger partial charge in [0.05, 0.1) is 7.11 Å². The number of hydrogen-bond acceptors (Lipinski definition) is 3. The number of nitrogens with one attached hydrogen (secondary N) is 1. The average molecular weight is 357 g/mol. The lowest BCUT2D eigenvalue weighted by atomic mass is 10.1. The van der Waals surface area contributed by atoms with Crippen LogP contribution in [0.1, 0.15) is 5.56 Å². The van der Waals surface area contributed by atoms with Crippen LogP contribution in [-0.2, 0) is 4.79 Å². The van der Waals surface area contributed by atoms with Crippen molar-refractivity contribution in [2.24, 2.45) is 0 Å². The summed E-state index contributed by atoms with van der Waals surface area (Å²) in [5, 5.41) is 11.9. The lowest BCUT2D eigenvalue weighted by Crippen LogP contribution is -2.13. The third-order valence-corrected chi connectivity index (χ3v) is 3.43. The van der Waals surface area contributed by atoms with E-state index in [0.29, 0.717) is 17.0 Å². The van der Waals surface area contributed by atoms with Crippen LogP contribution in [-0.4, -0.2) is 13.0 Å². The molecule has 0 unspecified atom stereocenters. The van der Waals surface area contributed by atoms with Crippen molar-refractivity contribution in [2.75, 3.05) is 12.4 Å². The Labute approximate surface area is 137 Å². The summed E-state index contributed by atoms with van der Waals surface area (Å²) in [6.45, 7) is 0. The normalized spacial score (nSPS) is 10.7. The van der Waals surface area contributed by atoms with Crippen LogP contribution in [0.3, 0.4) is 0 Å². The third-order valence-electron chi connectivity index (χ3n) is 2.91. The molecule has 22 heavy (non-hydrogen) atoms. The minimum absolute atomic E-state index is 0.00687. The van der Waals surface area contributed by atoms with Crippen LogP contribution in [0, 0.1) is 11.3 Å². The number of benzene rings is 2. The summed E-state index contributed by atoms with van der Waals surface area (Å²) in [7, 11) is 1.54. The number of nitriles is 1. The smallest absolute Gasteiger partial charge is 0.266 e. The lowest BCUT2D eigenvalue weighted by molar-refractivity contribution is -0.112. The maximum Gasteiger partial charge on any atom is 0.266 e. The maximum atomic E-state index is 12.2. The lowest BCUT2D eigenvalue weighted by Gasteiger charge is -2.06.